The molecule has 2 aromatic heterocycles. The minimum Gasteiger partial charge on any atom is -0.494 e. The Morgan fingerprint density at radius 1 is 0.789 bits per heavy atom. The van der Waals surface area contributed by atoms with Gasteiger partial charge >= 0.3 is 0 Å². The second-order valence-corrected chi connectivity index (χ2v) is 9.40. The van der Waals surface area contributed by atoms with Crippen molar-refractivity contribution in [2.75, 3.05) is 26.2 Å². The topological polar surface area (TPSA) is 47.4 Å². The number of rotatable bonds is 14. The Hall–Kier alpha value is -2.86. The third-order valence-corrected chi connectivity index (χ3v) is 6.71. The van der Waals surface area contributed by atoms with Gasteiger partial charge in [-0.25, -0.2) is 0 Å². The Morgan fingerprint density at radius 2 is 1.58 bits per heavy atom. The fourth-order valence-electron chi connectivity index (χ4n) is 4.58. The summed E-state index contributed by atoms with van der Waals surface area (Å²) in [6.07, 6.45) is 10.5. The van der Waals surface area contributed by atoms with Crippen molar-refractivity contribution in [1.29, 1.82) is 0 Å². The first-order valence-corrected chi connectivity index (χ1v) is 13.1. The van der Waals surface area contributed by atoms with E-state index < -0.39 is 0 Å². The number of fused-ring (bicyclic) bond motifs is 1. The Bertz CT molecular complexity index is 1270. The highest BCUT2D eigenvalue weighted by Crippen LogP contribution is 2.19. The minimum absolute atomic E-state index is 0. The molecule has 0 saturated heterocycles. The maximum Gasteiger partial charge on any atom is 0.250 e. The van der Waals surface area contributed by atoms with Crippen LogP contribution in [0.1, 0.15) is 36.8 Å². The van der Waals surface area contributed by atoms with Crippen molar-refractivity contribution < 1.29 is 4.74 Å². The van der Waals surface area contributed by atoms with Crippen LogP contribution >= 0.6 is 24.8 Å². The summed E-state index contributed by atoms with van der Waals surface area (Å²) in [5.41, 5.74) is 3.64. The van der Waals surface area contributed by atoms with E-state index in [9.17, 15) is 4.79 Å². The molecule has 5 nitrogen and oxygen atoms in total. The number of aryl methyl sites for hydroxylation is 2. The lowest BCUT2D eigenvalue weighted by atomic mass is 10.1. The number of aromatic nitrogens is 2. The van der Waals surface area contributed by atoms with Crippen LogP contribution in [0.5, 0.6) is 5.75 Å². The number of hydrogen-bond acceptors (Lipinski definition) is 4. The first-order valence-electron chi connectivity index (χ1n) is 13.1. The molecule has 0 N–H and O–H groups in total. The number of benzene rings is 2. The number of nitrogens with zero attached hydrogens (tertiary/aromatic N) is 3. The van der Waals surface area contributed by atoms with Gasteiger partial charge in [0.15, 0.2) is 0 Å². The van der Waals surface area contributed by atoms with Crippen molar-refractivity contribution >= 4 is 35.7 Å². The number of hydrogen-bond donors (Lipinski definition) is 0. The molecular formula is C31H39Cl2N3O2. The lowest BCUT2D eigenvalue weighted by molar-refractivity contribution is 0.258. The van der Waals surface area contributed by atoms with E-state index in [4.69, 9.17) is 4.74 Å². The molecular weight excluding hydrogens is 517 g/mol. The standard InChI is InChI=1S/C31H37N3O2.2ClH/c1-33-30-16-15-29(24-28(30)14-17-31(33)35)36-23-7-3-6-20-34(22-18-27-12-8-19-32-25-27)21-9-13-26-10-4-2-5-11-26;;/h2,4-5,8,10-12,14-17,19,24-25H,3,6-7,9,13,18,20-23H2,1H3;2*1H. The number of pyridine rings is 2. The highest BCUT2D eigenvalue weighted by atomic mass is 35.5. The third kappa shape index (κ3) is 9.79. The molecule has 2 aromatic carbocycles. The van der Waals surface area contributed by atoms with Crippen LogP contribution < -0.4 is 10.3 Å². The van der Waals surface area contributed by atoms with Gasteiger partial charge in [0, 0.05) is 37.4 Å². The van der Waals surface area contributed by atoms with Crippen LogP contribution in [-0.2, 0) is 19.9 Å². The van der Waals surface area contributed by atoms with Gasteiger partial charge in [-0.05, 0) is 93.1 Å². The molecule has 204 valence electrons. The van der Waals surface area contributed by atoms with Crippen molar-refractivity contribution in [3.63, 3.8) is 0 Å². The van der Waals surface area contributed by atoms with E-state index in [1.165, 1.54) is 24.0 Å². The van der Waals surface area contributed by atoms with Crippen molar-refractivity contribution in [2.45, 2.75) is 38.5 Å². The molecule has 0 aliphatic carbocycles. The molecule has 0 saturated carbocycles. The molecule has 38 heavy (non-hydrogen) atoms. The molecule has 0 amide bonds. The van der Waals surface area contributed by atoms with Crippen molar-refractivity contribution in [3.8, 4) is 5.75 Å². The van der Waals surface area contributed by atoms with Crippen LogP contribution in [0.3, 0.4) is 0 Å². The summed E-state index contributed by atoms with van der Waals surface area (Å²) in [6.45, 7) is 4.00. The summed E-state index contributed by atoms with van der Waals surface area (Å²) in [4.78, 5) is 18.7. The molecule has 0 aliphatic heterocycles. The van der Waals surface area contributed by atoms with Crippen molar-refractivity contribution in [3.05, 3.63) is 107 Å². The zero-order valence-electron chi connectivity index (χ0n) is 22.1. The van der Waals surface area contributed by atoms with Gasteiger partial charge in [-0.15, -0.1) is 24.8 Å². The van der Waals surface area contributed by atoms with E-state index in [1.54, 1.807) is 17.7 Å². The Balaban J connectivity index is 0.00000253. The first kappa shape index (κ1) is 31.4. The van der Waals surface area contributed by atoms with Crippen LogP contribution in [0.25, 0.3) is 10.9 Å². The largest absolute Gasteiger partial charge is 0.494 e. The summed E-state index contributed by atoms with van der Waals surface area (Å²) < 4.78 is 7.67. The molecule has 0 aliphatic rings. The Labute approximate surface area is 238 Å². The van der Waals surface area contributed by atoms with Gasteiger partial charge in [-0.3, -0.25) is 9.78 Å². The highest BCUT2D eigenvalue weighted by molar-refractivity contribution is 5.85. The summed E-state index contributed by atoms with van der Waals surface area (Å²) in [5.74, 6) is 0.861. The smallest absolute Gasteiger partial charge is 0.250 e. The summed E-state index contributed by atoms with van der Waals surface area (Å²) in [7, 11) is 1.80. The fourth-order valence-corrected chi connectivity index (χ4v) is 4.58. The average Bonchev–Trinajstić information content (AvgIpc) is 2.92. The van der Waals surface area contributed by atoms with E-state index in [0.29, 0.717) is 6.61 Å². The quantitative estimate of drug-likeness (QED) is 0.166. The molecule has 0 spiro atoms. The predicted molar refractivity (Wildman–Crippen MR) is 162 cm³/mol. The van der Waals surface area contributed by atoms with E-state index in [-0.39, 0.29) is 30.4 Å². The summed E-state index contributed by atoms with van der Waals surface area (Å²) >= 11 is 0. The van der Waals surface area contributed by atoms with Crippen molar-refractivity contribution in [1.82, 2.24) is 14.5 Å². The minimum atomic E-state index is 0. The molecule has 0 radical (unpaired) electrons. The maximum absolute atomic E-state index is 11.8. The van der Waals surface area contributed by atoms with Crippen LogP contribution in [0, 0.1) is 0 Å². The van der Waals surface area contributed by atoms with E-state index in [0.717, 1.165) is 62.0 Å². The van der Waals surface area contributed by atoms with Gasteiger partial charge < -0.3 is 14.2 Å². The average molecular weight is 557 g/mol. The van der Waals surface area contributed by atoms with Gasteiger partial charge in [0.2, 0.25) is 0 Å². The van der Waals surface area contributed by atoms with Gasteiger partial charge in [-0.2, -0.15) is 0 Å². The number of unbranched alkanes of at least 4 members (excludes halogenated alkanes) is 2. The zero-order valence-corrected chi connectivity index (χ0v) is 23.8. The van der Waals surface area contributed by atoms with Crippen LogP contribution in [-0.4, -0.2) is 40.7 Å². The lowest BCUT2D eigenvalue weighted by Crippen LogP contribution is -2.29. The fraction of sp³-hybridized carbons (Fsp3) is 0.355. The zero-order chi connectivity index (χ0) is 25.0. The van der Waals surface area contributed by atoms with Crippen LogP contribution in [0.2, 0.25) is 0 Å². The van der Waals surface area contributed by atoms with Gasteiger partial charge in [-0.1, -0.05) is 36.4 Å². The van der Waals surface area contributed by atoms with Gasteiger partial charge in [0.1, 0.15) is 5.75 Å². The van der Waals surface area contributed by atoms with Gasteiger partial charge in [0.05, 0.1) is 12.1 Å². The first-order chi connectivity index (χ1) is 17.7. The molecule has 0 bridgehead atoms. The monoisotopic (exact) mass is 555 g/mol. The van der Waals surface area contributed by atoms with E-state index in [2.05, 4.69) is 46.3 Å². The molecule has 0 unspecified atom stereocenters. The Kier molecular flexibility index (Phi) is 13.9. The number of ether oxygens (including phenoxy) is 1. The summed E-state index contributed by atoms with van der Waals surface area (Å²) in [5, 5.41) is 1.02. The SMILES string of the molecule is Cl.Cl.Cn1c(=O)ccc2cc(OCCCCCN(CCCc3ccccc3)CCc3cccnc3)ccc21. The Morgan fingerprint density at radius 3 is 2.37 bits per heavy atom. The third-order valence-electron chi connectivity index (χ3n) is 6.71. The molecule has 0 atom stereocenters. The van der Waals surface area contributed by atoms with Gasteiger partial charge in [0.25, 0.3) is 5.56 Å². The van der Waals surface area contributed by atoms with Crippen molar-refractivity contribution in [2.24, 2.45) is 7.05 Å². The molecule has 0 fully saturated rings. The second kappa shape index (κ2) is 16.9. The van der Waals surface area contributed by atoms with E-state index >= 15 is 0 Å². The molecule has 4 aromatic rings. The molecule has 7 heteroatoms. The second-order valence-electron chi connectivity index (χ2n) is 9.40. The number of halogens is 2. The summed E-state index contributed by atoms with van der Waals surface area (Å²) in [6, 6.07) is 24.3. The van der Waals surface area contributed by atoms with Crippen LogP contribution in [0.4, 0.5) is 0 Å². The maximum atomic E-state index is 11.8. The molecule has 2 heterocycles. The van der Waals surface area contributed by atoms with Crippen LogP contribution in [0.15, 0.2) is 90.0 Å². The lowest BCUT2D eigenvalue weighted by Gasteiger charge is -2.22. The molecule has 4 rings (SSSR count). The predicted octanol–water partition coefficient (Wildman–Crippen LogP) is 6.50. The van der Waals surface area contributed by atoms with E-state index in [1.807, 2.05) is 42.7 Å². The highest BCUT2D eigenvalue weighted by Gasteiger charge is 2.07. The normalized spacial score (nSPS) is 10.7.